The second-order valence-corrected chi connectivity index (χ2v) is 13.7. The molecule has 2 aromatic rings. The second kappa shape index (κ2) is 10.9. The monoisotopic (exact) mass is 416 g/mol. The third-order valence-corrected chi connectivity index (χ3v) is 10.00. The Bertz CT molecular complexity index is 708. The van der Waals surface area contributed by atoms with Gasteiger partial charge in [0.1, 0.15) is 11.9 Å². The predicted molar refractivity (Wildman–Crippen MR) is 121 cm³/mol. The van der Waals surface area contributed by atoms with Crippen molar-refractivity contribution in [3.63, 3.8) is 0 Å². The summed E-state index contributed by atoms with van der Waals surface area (Å²) >= 11 is 0. The molecule has 0 saturated carbocycles. The summed E-state index contributed by atoms with van der Waals surface area (Å²) in [6.07, 6.45) is -0.116. The Hall–Kier alpha value is -1.66. The van der Waals surface area contributed by atoms with Crippen LogP contribution in [0.5, 0.6) is 5.75 Å². The van der Waals surface area contributed by atoms with E-state index in [0.29, 0.717) is 26.4 Å². The molecule has 2 rings (SSSR count). The first-order valence-corrected chi connectivity index (χ1v) is 13.1. The van der Waals surface area contributed by atoms with Gasteiger partial charge in [0.2, 0.25) is 0 Å². The Morgan fingerprint density at radius 3 is 2.03 bits per heavy atom. The molecule has 2 aromatic carbocycles. The van der Waals surface area contributed by atoms with Gasteiger partial charge in [-0.3, -0.25) is 0 Å². The van der Waals surface area contributed by atoms with Crippen molar-refractivity contribution in [2.45, 2.75) is 58.2 Å². The van der Waals surface area contributed by atoms with Gasteiger partial charge in [-0.1, -0.05) is 63.2 Å². The van der Waals surface area contributed by atoms with Gasteiger partial charge in [-0.25, -0.2) is 0 Å². The average molecular weight is 417 g/mol. The highest BCUT2D eigenvalue weighted by Gasteiger charge is 2.37. The summed E-state index contributed by atoms with van der Waals surface area (Å²) in [7, 11) is -0.173. The molecule has 0 bridgehead atoms. The fraction of sp³-hybridized carbons (Fsp3) is 0.500. The maximum atomic E-state index is 6.40. The molecule has 0 radical (unpaired) electrons. The van der Waals surface area contributed by atoms with Crippen molar-refractivity contribution < 1.29 is 18.6 Å². The van der Waals surface area contributed by atoms with Gasteiger partial charge >= 0.3 is 0 Å². The van der Waals surface area contributed by atoms with Crippen molar-refractivity contribution in [1.82, 2.24) is 0 Å². The van der Waals surface area contributed by atoms with Crippen LogP contribution < -0.4 is 4.74 Å². The first-order valence-electron chi connectivity index (χ1n) is 10.2. The summed E-state index contributed by atoms with van der Waals surface area (Å²) in [4.78, 5) is 0. The van der Waals surface area contributed by atoms with E-state index in [4.69, 9.17) is 18.6 Å². The summed E-state index contributed by atoms with van der Waals surface area (Å²) in [6, 6.07) is 18.1. The third-order valence-electron chi connectivity index (χ3n) is 5.50. The van der Waals surface area contributed by atoms with Gasteiger partial charge in [-0.2, -0.15) is 0 Å². The van der Waals surface area contributed by atoms with Gasteiger partial charge in [0.05, 0.1) is 33.5 Å². The lowest BCUT2D eigenvalue weighted by atomic mass is 10.2. The van der Waals surface area contributed by atoms with Crippen LogP contribution in [0.2, 0.25) is 18.1 Å². The predicted octanol–water partition coefficient (Wildman–Crippen LogP) is 5.82. The SMILES string of the molecule is COc1ccc(CO[C@H](COCc2ccccc2)CO[Si](C)(C)C(C)(C)C)cc1. The molecule has 0 spiro atoms. The molecule has 0 heterocycles. The normalized spacial score (nSPS) is 13.3. The first-order chi connectivity index (χ1) is 13.7. The number of hydrogen-bond donors (Lipinski definition) is 0. The van der Waals surface area contributed by atoms with E-state index in [0.717, 1.165) is 16.9 Å². The highest BCUT2D eigenvalue weighted by molar-refractivity contribution is 6.74. The quantitative estimate of drug-likeness (QED) is 0.433. The lowest BCUT2D eigenvalue weighted by Crippen LogP contribution is -2.43. The summed E-state index contributed by atoms with van der Waals surface area (Å²) in [5.41, 5.74) is 2.26. The van der Waals surface area contributed by atoms with E-state index in [1.165, 1.54) is 0 Å². The zero-order valence-corrected chi connectivity index (χ0v) is 19.7. The zero-order valence-electron chi connectivity index (χ0n) is 18.7. The minimum Gasteiger partial charge on any atom is -0.497 e. The van der Waals surface area contributed by atoms with Crippen molar-refractivity contribution in [2.75, 3.05) is 20.3 Å². The number of ether oxygens (including phenoxy) is 3. The van der Waals surface area contributed by atoms with Gasteiger partial charge in [-0.05, 0) is 41.4 Å². The van der Waals surface area contributed by atoms with Crippen LogP contribution in [-0.2, 0) is 27.1 Å². The van der Waals surface area contributed by atoms with Gasteiger partial charge in [-0.15, -0.1) is 0 Å². The summed E-state index contributed by atoms with van der Waals surface area (Å²) in [5.74, 6) is 0.845. The van der Waals surface area contributed by atoms with Crippen LogP contribution >= 0.6 is 0 Å². The van der Waals surface area contributed by atoms with E-state index in [2.05, 4.69) is 46.0 Å². The molecule has 0 fully saturated rings. The summed E-state index contributed by atoms with van der Waals surface area (Å²) < 4.78 is 23.7. The summed E-state index contributed by atoms with van der Waals surface area (Å²) in [6.45, 7) is 13.4. The largest absolute Gasteiger partial charge is 0.497 e. The van der Waals surface area contributed by atoms with Crippen molar-refractivity contribution in [3.8, 4) is 5.75 Å². The first kappa shape index (κ1) is 23.6. The van der Waals surface area contributed by atoms with Crippen LogP contribution in [0.1, 0.15) is 31.9 Å². The third kappa shape index (κ3) is 7.94. The van der Waals surface area contributed by atoms with Gasteiger partial charge in [0, 0.05) is 0 Å². The molecule has 0 saturated heterocycles. The highest BCUT2D eigenvalue weighted by atomic mass is 28.4. The minimum absolute atomic E-state index is 0.116. The Labute approximate surface area is 177 Å². The van der Waals surface area contributed by atoms with Gasteiger partial charge in [0.25, 0.3) is 0 Å². The van der Waals surface area contributed by atoms with E-state index >= 15 is 0 Å². The molecular weight excluding hydrogens is 380 g/mol. The molecule has 4 nitrogen and oxygen atoms in total. The smallest absolute Gasteiger partial charge is 0.192 e. The molecule has 0 amide bonds. The molecule has 29 heavy (non-hydrogen) atoms. The molecule has 160 valence electrons. The van der Waals surface area contributed by atoms with E-state index < -0.39 is 8.32 Å². The number of hydrogen-bond acceptors (Lipinski definition) is 4. The fourth-order valence-electron chi connectivity index (χ4n) is 2.48. The Balaban J connectivity index is 1.93. The molecule has 0 aromatic heterocycles. The van der Waals surface area contributed by atoms with E-state index in [-0.39, 0.29) is 11.1 Å². The number of benzene rings is 2. The van der Waals surface area contributed by atoms with Gasteiger partial charge < -0.3 is 18.6 Å². The molecule has 0 aliphatic carbocycles. The van der Waals surface area contributed by atoms with E-state index in [9.17, 15) is 0 Å². The Kier molecular flexibility index (Phi) is 8.90. The zero-order chi connectivity index (χ0) is 21.3. The van der Waals surface area contributed by atoms with Gasteiger partial charge in [0.15, 0.2) is 8.32 Å². The Morgan fingerprint density at radius 1 is 0.828 bits per heavy atom. The topological polar surface area (TPSA) is 36.9 Å². The molecule has 5 heteroatoms. The standard InChI is InChI=1S/C24H36O4Si/c1-24(2,3)29(5,6)28-19-23(18-26-16-20-10-8-7-9-11-20)27-17-21-12-14-22(25-4)15-13-21/h7-15,23H,16-19H2,1-6H3/t23-/m1/s1. The molecule has 1 atom stereocenters. The van der Waals surface area contributed by atoms with Crippen molar-refractivity contribution in [3.05, 3.63) is 65.7 Å². The van der Waals surface area contributed by atoms with Crippen LogP contribution in [0.25, 0.3) is 0 Å². The average Bonchev–Trinajstić information content (AvgIpc) is 2.70. The maximum Gasteiger partial charge on any atom is 0.192 e. The lowest BCUT2D eigenvalue weighted by Gasteiger charge is -2.37. The Morgan fingerprint density at radius 2 is 1.45 bits per heavy atom. The second-order valence-electron chi connectivity index (χ2n) is 8.85. The fourth-order valence-corrected chi connectivity index (χ4v) is 3.52. The van der Waals surface area contributed by atoms with Crippen molar-refractivity contribution >= 4 is 8.32 Å². The van der Waals surface area contributed by atoms with Crippen LogP contribution in [-0.4, -0.2) is 34.7 Å². The van der Waals surface area contributed by atoms with Crippen LogP contribution in [0, 0.1) is 0 Å². The molecular formula is C24H36O4Si. The van der Waals surface area contributed by atoms with E-state index in [1.807, 2.05) is 42.5 Å². The van der Waals surface area contributed by atoms with Crippen LogP contribution in [0.15, 0.2) is 54.6 Å². The molecule has 0 aliphatic rings. The van der Waals surface area contributed by atoms with Crippen molar-refractivity contribution in [2.24, 2.45) is 0 Å². The van der Waals surface area contributed by atoms with Crippen LogP contribution in [0.3, 0.4) is 0 Å². The summed E-state index contributed by atoms with van der Waals surface area (Å²) in [5, 5.41) is 0.165. The minimum atomic E-state index is -1.84. The van der Waals surface area contributed by atoms with Crippen molar-refractivity contribution in [1.29, 1.82) is 0 Å². The molecule has 0 N–H and O–H groups in total. The van der Waals surface area contributed by atoms with E-state index in [1.54, 1.807) is 7.11 Å². The highest BCUT2D eigenvalue weighted by Crippen LogP contribution is 2.36. The lowest BCUT2D eigenvalue weighted by molar-refractivity contribution is -0.0511. The number of methoxy groups -OCH3 is 1. The number of rotatable bonds is 11. The van der Waals surface area contributed by atoms with Crippen LogP contribution in [0.4, 0.5) is 0 Å². The molecule has 0 aliphatic heterocycles. The maximum absolute atomic E-state index is 6.40. The molecule has 0 unspecified atom stereocenters.